The molecule has 0 radical (unpaired) electrons. The number of nitrogens with zero attached hydrogens (tertiary/aromatic N) is 2. The number of hydrogen-bond donors (Lipinski definition) is 4. The summed E-state index contributed by atoms with van der Waals surface area (Å²) in [6, 6.07) is 11.2. The Morgan fingerprint density at radius 3 is 2.51 bits per heavy atom. The van der Waals surface area contributed by atoms with E-state index in [9.17, 15) is 9.59 Å². The third-order valence-electron chi connectivity index (χ3n) is 6.66. The van der Waals surface area contributed by atoms with Crippen molar-refractivity contribution in [3.8, 4) is 11.5 Å². The number of rotatable bonds is 12. The highest BCUT2D eigenvalue weighted by Gasteiger charge is 2.22. The second-order valence-corrected chi connectivity index (χ2v) is 11.4. The summed E-state index contributed by atoms with van der Waals surface area (Å²) in [6.07, 6.45) is 1.99. The van der Waals surface area contributed by atoms with Gasteiger partial charge < -0.3 is 35.5 Å². The lowest BCUT2D eigenvalue weighted by atomic mass is 9.97. The summed E-state index contributed by atoms with van der Waals surface area (Å²) in [5, 5.41) is 12.2. The topological polar surface area (TPSA) is 126 Å². The Labute approximate surface area is 242 Å². The fourth-order valence-electron chi connectivity index (χ4n) is 4.46. The van der Waals surface area contributed by atoms with Gasteiger partial charge in [-0.05, 0) is 42.2 Å². The zero-order chi connectivity index (χ0) is 29.2. The lowest BCUT2D eigenvalue weighted by Gasteiger charge is -2.27. The van der Waals surface area contributed by atoms with Crippen LogP contribution >= 0.6 is 0 Å². The zero-order valence-corrected chi connectivity index (χ0v) is 24.4. The molecule has 0 aromatic heterocycles. The van der Waals surface area contributed by atoms with Gasteiger partial charge in [-0.2, -0.15) is 0 Å². The summed E-state index contributed by atoms with van der Waals surface area (Å²) in [5.41, 5.74) is 3.19. The normalized spacial score (nSPS) is 16.7. The first kappa shape index (κ1) is 30.1. The zero-order valence-electron chi connectivity index (χ0n) is 24.4. The van der Waals surface area contributed by atoms with Crippen molar-refractivity contribution in [2.24, 2.45) is 10.4 Å². The van der Waals surface area contributed by atoms with E-state index in [0.29, 0.717) is 30.3 Å². The van der Waals surface area contributed by atoms with Crippen LogP contribution in [0.5, 0.6) is 11.5 Å². The number of benzene rings is 2. The van der Waals surface area contributed by atoms with Crippen LogP contribution in [-0.4, -0.2) is 76.2 Å². The first-order valence-electron chi connectivity index (χ1n) is 14.1. The fourth-order valence-corrected chi connectivity index (χ4v) is 4.46. The van der Waals surface area contributed by atoms with E-state index in [-0.39, 0.29) is 29.8 Å². The molecule has 1 unspecified atom stereocenters. The number of carbonyl (C=O) groups is 2. The van der Waals surface area contributed by atoms with Crippen LogP contribution in [0, 0.1) is 5.41 Å². The summed E-state index contributed by atoms with van der Waals surface area (Å²) in [4.78, 5) is 31.3. The van der Waals surface area contributed by atoms with Gasteiger partial charge in [0.1, 0.15) is 12.6 Å². The maximum Gasteiger partial charge on any atom is 0.233 e. The van der Waals surface area contributed by atoms with Gasteiger partial charge >= 0.3 is 0 Å². The van der Waals surface area contributed by atoms with E-state index in [0.717, 1.165) is 56.2 Å². The fraction of sp³-hybridized carbons (Fsp3) is 0.500. The summed E-state index contributed by atoms with van der Waals surface area (Å²) in [5.74, 6) is 0.669. The molecule has 0 aliphatic carbocycles. The van der Waals surface area contributed by atoms with Crippen LogP contribution in [0.15, 0.2) is 41.4 Å². The Bertz CT molecular complexity index is 1210. The molecular weight excluding hydrogens is 524 g/mol. The predicted molar refractivity (Wildman–Crippen MR) is 161 cm³/mol. The maximum atomic E-state index is 12.3. The Hall–Kier alpha value is -3.83. The molecule has 2 aromatic carbocycles. The summed E-state index contributed by atoms with van der Waals surface area (Å²) in [7, 11) is 1.63. The van der Waals surface area contributed by atoms with Gasteiger partial charge in [-0.15, -0.1) is 0 Å². The Morgan fingerprint density at radius 1 is 1.07 bits per heavy atom. The van der Waals surface area contributed by atoms with Crippen molar-refractivity contribution in [3.05, 3.63) is 42.0 Å². The predicted octanol–water partition coefficient (Wildman–Crippen LogP) is 3.85. The van der Waals surface area contributed by atoms with Gasteiger partial charge in [-0.3, -0.25) is 14.5 Å². The highest BCUT2D eigenvalue weighted by Crippen LogP contribution is 2.39. The van der Waals surface area contributed by atoms with Crippen molar-refractivity contribution in [2.75, 3.05) is 69.1 Å². The molecule has 0 saturated carbocycles. The number of nitrogens with one attached hydrogen (secondary N) is 4. The molecule has 1 fully saturated rings. The first-order valence-corrected chi connectivity index (χ1v) is 14.1. The molecule has 0 spiro atoms. The number of anilines is 3. The molecule has 1 atom stereocenters. The first-order chi connectivity index (χ1) is 19.7. The van der Waals surface area contributed by atoms with Gasteiger partial charge in [0, 0.05) is 49.2 Å². The molecule has 2 amide bonds. The molecule has 222 valence electrons. The monoisotopic (exact) mass is 566 g/mol. The number of morpholine rings is 1. The van der Waals surface area contributed by atoms with Gasteiger partial charge in [-0.25, -0.2) is 4.99 Å². The van der Waals surface area contributed by atoms with Crippen molar-refractivity contribution >= 4 is 35.2 Å². The van der Waals surface area contributed by atoms with Crippen LogP contribution in [0.1, 0.15) is 45.3 Å². The van der Waals surface area contributed by atoms with E-state index in [1.807, 2.05) is 45.0 Å². The minimum atomic E-state index is -0.361. The minimum Gasteiger partial charge on any atom is -0.493 e. The van der Waals surface area contributed by atoms with Crippen LogP contribution in [0.3, 0.4) is 0 Å². The third kappa shape index (κ3) is 9.36. The average Bonchev–Trinajstić information content (AvgIpc) is 2.95. The quantitative estimate of drug-likeness (QED) is 0.226. The lowest BCUT2D eigenvalue weighted by molar-refractivity contribution is -0.127. The second-order valence-electron chi connectivity index (χ2n) is 11.4. The van der Waals surface area contributed by atoms with E-state index in [4.69, 9.17) is 14.2 Å². The number of hydrogen-bond acceptors (Lipinski definition) is 9. The van der Waals surface area contributed by atoms with Gasteiger partial charge in [-0.1, -0.05) is 20.8 Å². The van der Waals surface area contributed by atoms with E-state index in [1.165, 1.54) is 0 Å². The number of fused-ring (bicyclic) bond motifs is 1. The molecule has 4 rings (SSSR count). The van der Waals surface area contributed by atoms with Crippen molar-refractivity contribution in [2.45, 2.75) is 39.8 Å². The number of aliphatic imine (C=N–C) groups is 1. The van der Waals surface area contributed by atoms with Crippen LogP contribution < -0.4 is 30.7 Å². The summed E-state index contributed by atoms with van der Waals surface area (Å²) >= 11 is 0. The molecular formula is C30H42N6O5. The van der Waals surface area contributed by atoms with Crippen molar-refractivity contribution in [3.63, 3.8) is 0 Å². The maximum absolute atomic E-state index is 12.3. The van der Waals surface area contributed by atoms with Gasteiger partial charge in [0.15, 0.2) is 11.5 Å². The van der Waals surface area contributed by atoms with Gasteiger partial charge in [0.25, 0.3) is 0 Å². The summed E-state index contributed by atoms with van der Waals surface area (Å²) in [6.45, 7) is 11.6. The molecule has 1 saturated heterocycles. The third-order valence-corrected chi connectivity index (χ3v) is 6.66. The van der Waals surface area contributed by atoms with E-state index < -0.39 is 0 Å². The largest absolute Gasteiger partial charge is 0.493 e. The number of amides is 2. The van der Waals surface area contributed by atoms with Crippen molar-refractivity contribution in [1.82, 2.24) is 10.2 Å². The van der Waals surface area contributed by atoms with E-state index in [2.05, 4.69) is 31.2 Å². The van der Waals surface area contributed by atoms with Crippen molar-refractivity contribution in [1.29, 1.82) is 0 Å². The molecule has 2 aliphatic heterocycles. The highest BCUT2D eigenvalue weighted by molar-refractivity contribution is 6.03. The van der Waals surface area contributed by atoms with E-state index in [1.54, 1.807) is 25.6 Å². The smallest absolute Gasteiger partial charge is 0.233 e. The lowest BCUT2D eigenvalue weighted by Crippen LogP contribution is -2.37. The van der Waals surface area contributed by atoms with Crippen LogP contribution in [0.4, 0.5) is 17.1 Å². The molecule has 0 bridgehead atoms. The average molecular weight is 567 g/mol. The Kier molecular flexibility index (Phi) is 10.4. The molecule has 11 nitrogen and oxygen atoms in total. The van der Waals surface area contributed by atoms with Crippen LogP contribution in [0.2, 0.25) is 0 Å². The molecule has 4 N–H and O–H groups in total. The molecule has 2 heterocycles. The Morgan fingerprint density at radius 2 is 1.80 bits per heavy atom. The van der Waals surface area contributed by atoms with Gasteiger partial charge in [0.05, 0.1) is 39.0 Å². The minimum absolute atomic E-state index is 0.0439. The number of ether oxygens (including phenoxy) is 3. The van der Waals surface area contributed by atoms with Gasteiger partial charge in [0.2, 0.25) is 11.8 Å². The van der Waals surface area contributed by atoms with Crippen LogP contribution in [-0.2, 0) is 14.3 Å². The highest BCUT2D eigenvalue weighted by atomic mass is 16.5. The van der Waals surface area contributed by atoms with E-state index >= 15 is 0 Å². The van der Waals surface area contributed by atoms with Crippen molar-refractivity contribution < 1.29 is 23.8 Å². The SMILES string of the molecule is COc1cc2c(cc1OCCCN1CCOCC1)C(Nc1ccc(NC(=O)CC(=O)NCC(C)(C)C)cc1)N=CN2. The Balaban J connectivity index is 1.32. The number of methoxy groups -OCH3 is 1. The standard InChI is InChI=1S/C30H42N6O5/c1-30(2,3)19-31-27(37)18-28(38)34-21-6-8-22(9-7-21)35-29-23-16-26(25(39-4)17-24(23)32-20-33-29)41-13-5-10-36-11-14-40-15-12-36/h6-9,16-17,20,29,35H,5,10-15,18-19H2,1-4H3,(H,31,37)(H,32,33)(H,34,38). The molecule has 11 heteroatoms. The molecule has 2 aliphatic rings. The van der Waals surface area contributed by atoms with Crippen LogP contribution in [0.25, 0.3) is 0 Å². The second kappa shape index (κ2) is 14.2. The molecule has 41 heavy (non-hydrogen) atoms. The summed E-state index contributed by atoms with van der Waals surface area (Å²) < 4.78 is 17.1. The number of carbonyl (C=O) groups excluding carboxylic acids is 2. The molecule has 2 aromatic rings.